The predicted molar refractivity (Wildman–Crippen MR) is 81.3 cm³/mol. The van der Waals surface area contributed by atoms with Crippen LogP contribution in [0.4, 0.5) is 0 Å². The largest absolute Gasteiger partial charge is 0.326 e. The predicted octanol–water partition coefficient (Wildman–Crippen LogP) is 4.42. The maximum Gasteiger partial charge on any atom is 0.0280 e. The SMILES string of the molecule is Cc1c(C)c(C)c(-c2ccsc2CN)c(C)c1C. The summed E-state index contributed by atoms with van der Waals surface area (Å²) in [5, 5.41) is 2.14. The van der Waals surface area contributed by atoms with Gasteiger partial charge in [-0.25, -0.2) is 0 Å². The molecule has 0 aliphatic heterocycles. The summed E-state index contributed by atoms with van der Waals surface area (Å²) in [7, 11) is 0. The highest BCUT2D eigenvalue weighted by atomic mass is 32.1. The van der Waals surface area contributed by atoms with E-state index in [1.54, 1.807) is 11.3 Å². The number of thiophene rings is 1. The first kappa shape index (κ1) is 13.3. The van der Waals surface area contributed by atoms with Crippen molar-refractivity contribution in [2.45, 2.75) is 41.2 Å². The molecule has 96 valence electrons. The van der Waals surface area contributed by atoms with Gasteiger partial charge in [-0.15, -0.1) is 11.3 Å². The van der Waals surface area contributed by atoms with Crippen LogP contribution in [0.5, 0.6) is 0 Å². The summed E-state index contributed by atoms with van der Waals surface area (Å²) < 4.78 is 0. The lowest BCUT2D eigenvalue weighted by atomic mass is 9.86. The Morgan fingerprint density at radius 2 is 1.39 bits per heavy atom. The molecule has 0 fully saturated rings. The molecule has 0 aliphatic carbocycles. The highest BCUT2D eigenvalue weighted by Gasteiger charge is 2.16. The molecule has 0 bridgehead atoms. The second-order valence-corrected chi connectivity index (χ2v) is 5.96. The summed E-state index contributed by atoms with van der Waals surface area (Å²) >= 11 is 1.75. The third-order valence-electron chi connectivity index (χ3n) is 4.20. The van der Waals surface area contributed by atoms with Crippen molar-refractivity contribution in [2.75, 3.05) is 0 Å². The highest BCUT2D eigenvalue weighted by Crippen LogP contribution is 2.37. The lowest BCUT2D eigenvalue weighted by molar-refractivity contribution is 1.10. The van der Waals surface area contributed by atoms with E-state index in [2.05, 4.69) is 46.1 Å². The summed E-state index contributed by atoms with van der Waals surface area (Å²) in [6.45, 7) is 11.7. The Bertz CT molecular complexity index is 564. The smallest absolute Gasteiger partial charge is 0.0280 e. The summed E-state index contributed by atoms with van der Waals surface area (Å²) in [6, 6.07) is 2.20. The number of nitrogens with two attached hydrogens (primary N) is 1. The maximum atomic E-state index is 5.85. The Labute approximate surface area is 114 Å². The first-order valence-electron chi connectivity index (χ1n) is 6.32. The van der Waals surface area contributed by atoms with E-state index in [0.717, 1.165) is 0 Å². The van der Waals surface area contributed by atoms with Crippen molar-refractivity contribution in [1.29, 1.82) is 0 Å². The zero-order chi connectivity index (χ0) is 13.4. The van der Waals surface area contributed by atoms with Gasteiger partial charge in [0.05, 0.1) is 0 Å². The van der Waals surface area contributed by atoms with E-state index < -0.39 is 0 Å². The van der Waals surface area contributed by atoms with E-state index in [4.69, 9.17) is 5.73 Å². The van der Waals surface area contributed by atoms with Crippen LogP contribution < -0.4 is 5.73 Å². The zero-order valence-electron chi connectivity index (χ0n) is 11.8. The molecule has 0 saturated carbocycles. The topological polar surface area (TPSA) is 26.0 Å². The van der Waals surface area contributed by atoms with Crippen LogP contribution in [0.3, 0.4) is 0 Å². The van der Waals surface area contributed by atoms with Crippen LogP contribution in [0.2, 0.25) is 0 Å². The minimum Gasteiger partial charge on any atom is -0.326 e. The average molecular weight is 259 g/mol. The molecule has 2 N–H and O–H groups in total. The molecule has 0 saturated heterocycles. The Balaban J connectivity index is 2.80. The van der Waals surface area contributed by atoms with Crippen LogP contribution in [0.15, 0.2) is 11.4 Å². The van der Waals surface area contributed by atoms with Crippen molar-refractivity contribution >= 4 is 11.3 Å². The fourth-order valence-corrected chi connectivity index (χ4v) is 3.39. The Morgan fingerprint density at radius 3 is 1.89 bits per heavy atom. The van der Waals surface area contributed by atoms with Gasteiger partial charge in [0.2, 0.25) is 0 Å². The molecule has 18 heavy (non-hydrogen) atoms. The number of benzene rings is 1. The molecule has 2 heteroatoms. The first-order valence-corrected chi connectivity index (χ1v) is 7.20. The zero-order valence-corrected chi connectivity index (χ0v) is 12.7. The van der Waals surface area contributed by atoms with E-state index >= 15 is 0 Å². The number of rotatable bonds is 2. The molecule has 2 rings (SSSR count). The molecule has 1 aromatic heterocycles. The van der Waals surface area contributed by atoms with Gasteiger partial charge in [-0.05, 0) is 85.0 Å². The van der Waals surface area contributed by atoms with Crippen LogP contribution in [0.1, 0.15) is 32.7 Å². The van der Waals surface area contributed by atoms with Gasteiger partial charge >= 0.3 is 0 Å². The lowest BCUT2D eigenvalue weighted by Gasteiger charge is -2.19. The van der Waals surface area contributed by atoms with Crippen LogP contribution in [-0.4, -0.2) is 0 Å². The third-order valence-corrected chi connectivity index (χ3v) is 5.14. The summed E-state index contributed by atoms with van der Waals surface area (Å²) in [6.07, 6.45) is 0. The normalized spacial score (nSPS) is 11.0. The molecule has 1 aromatic carbocycles. The lowest BCUT2D eigenvalue weighted by Crippen LogP contribution is -2.01. The molecule has 0 atom stereocenters. The second kappa shape index (κ2) is 4.87. The van der Waals surface area contributed by atoms with E-state index in [0.29, 0.717) is 6.54 Å². The van der Waals surface area contributed by atoms with Crippen molar-refractivity contribution < 1.29 is 0 Å². The summed E-state index contributed by atoms with van der Waals surface area (Å²) in [4.78, 5) is 1.28. The van der Waals surface area contributed by atoms with Crippen LogP contribution in [-0.2, 0) is 6.54 Å². The average Bonchev–Trinajstić information content (AvgIpc) is 2.82. The molecular weight excluding hydrogens is 238 g/mol. The van der Waals surface area contributed by atoms with Crippen LogP contribution >= 0.6 is 11.3 Å². The van der Waals surface area contributed by atoms with E-state index in [-0.39, 0.29) is 0 Å². The van der Waals surface area contributed by atoms with Crippen LogP contribution in [0.25, 0.3) is 11.1 Å². The Kier molecular flexibility index (Phi) is 3.60. The van der Waals surface area contributed by atoms with E-state index in [1.807, 2.05) is 0 Å². The van der Waals surface area contributed by atoms with Crippen molar-refractivity contribution in [3.63, 3.8) is 0 Å². The molecule has 1 heterocycles. The van der Waals surface area contributed by atoms with Gasteiger partial charge < -0.3 is 5.73 Å². The maximum absolute atomic E-state index is 5.85. The molecule has 0 unspecified atom stereocenters. The molecular formula is C16H21NS. The van der Waals surface area contributed by atoms with E-state index in [9.17, 15) is 0 Å². The summed E-state index contributed by atoms with van der Waals surface area (Å²) in [5.41, 5.74) is 15.6. The minimum absolute atomic E-state index is 0.623. The molecule has 0 aliphatic rings. The van der Waals surface area contributed by atoms with Gasteiger partial charge in [0, 0.05) is 11.4 Å². The second-order valence-electron chi connectivity index (χ2n) is 4.96. The molecule has 0 spiro atoms. The standard InChI is InChI=1S/C16H21NS/c1-9-10(2)12(4)16(13(5)11(9)3)14-6-7-18-15(14)8-17/h6-7H,8,17H2,1-5H3. The highest BCUT2D eigenvalue weighted by molar-refractivity contribution is 7.10. The molecule has 1 nitrogen and oxygen atoms in total. The molecule has 0 amide bonds. The van der Waals surface area contributed by atoms with Gasteiger partial charge in [0.15, 0.2) is 0 Å². The van der Waals surface area contributed by atoms with E-state index in [1.165, 1.54) is 43.8 Å². The van der Waals surface area contributed by atoms with Gasteiger partial charge in [0.1, 0.15) is 0 Å². The van der Waals surface area contributed by atoms with Crippen molar-refractivity contribution in [1.82, 2.24) is 0 Å². The summed E-state index contributed by atoms with van der Waals surface area (Å²) in [5.74, 6) is 0. The van der Waals surface area contributed by atoms with Crippen molar-refractivity contribution in [2.24, 2.45) is 5.73 Å². The minimum atomic E-state index is 0.623. The fraction of sp³-hybridized carbons (Fsp3) is 0.375. The van der Waals surface area contributed by atoms with Gasteiger partial charge in [0.25, 0.3) is 0 Å². The first-order chi connectivity index (χ1) is 8.49. The van der Waals surface area contributed by atoms with Gasteiger partial charge in [-0.1, -0.05) is 0 Å². The Hall–Kier alpha value is -1.12. The number of hydrogen-bond acceptors (Lipinski definition) is 2. The fourth-order valence-electron chi connectivity index (χ4n) is 2.63. The van der Waals surface area contributed by atoms with Crippen molar-refractivity contribution in [3.8, 4) is 11.1 Å². The van der Waals surface area contributed by atoms with Crippen molar-refractivity contribution in [3.05, 3.63) is 44.1 Å². The van der Waals surface area contributed by atoms with Crippen LogP contribution in [0, 0.1) is 34.6 Å². The monoisotopic (exact) mass is 259 g/mol. The van der Waals surface area contributed by atoms with Gasteiger partial charge in [-0.3, -0.25) is 0 Å². The third kappa shape index (κ3) is 1.90. The van der Waals surface area contributed by atoms with Gasteiger partial charge in [-0.2, -0.15) is 0 Å². The number of hydrogen-bond donors (Lipinski definition) is 1. The Morgan fingerprint density at radius 1 is 0.889 bits per heavy atom. The molecule has 2 aromatic rings. The quantitative estimate of drug-likeness (QED) is 0.849. The molecule has 0 radical (unpaired) electrons.